The normalized spacial score (nSPS) is 27.1. The summed E-state index contributed by atoms with van der Waals surface area (Å²) in [5.74, 6) is 0.806. The minimum atomic E-state index is 0.422. The fourth-order valence-corrected chi connectivity index (χ4v) is 3.00. The molecule has 1 nitrogen and oxygen atoms in total. The maximum atomic E-state index is 5.95. The van der Waals surface area contributed by atoms with Crippen LogP contribution in [0, 0.1) is 5.92 Å². The predicted molar refractivity (Wildman–Crippen MR) is 74.7 cm³/mol. The van der Waals surface area contributed by atoms with Crippen molar-refractivity contribution in [2.75, 3.05) is 13.1 Å². The quantitative estimate of drug-likeness (QED) is 0.754. The lowest BCUT2D eigenvalue weighted by Gasteiger charge is -2.16. The van der Waals surface area contributed by atoms with Crippen LogP contribution in [0.2, 0.25) is 5.02 Å². The highest BCUT2D eigenvalue weighted by atomic mass is 35.5. The SMILES string of the molecule is CCCNCC1CC1(CC)c1ccc(Cl)cc1. The first-order chi connectivity index (χ1) is 8.23. The van der Waals surface area contributed by atoms with Crippen LogP contribution in [0.3, 0.4) is 0 Å². The molecule has 0 heterocycles. The van der Waals surface area contributed by atoms with E-state index >= 15 is 0 Å². The standard InChI is InChI=1S/C15H22ClN/c1-3-9-17-11-13-10-15(13,4-2)12-5-7-14(16)8-6-12/h5-8,13,17H,3-4,9-11H2,1-2H3. The van der Waals surface area contributed by atoms with E-state index in [4.69, 9.17) is 11.6 Å². The molecule has 94 valence electrons. The van der Waals surface area contributed by atoms with Crippen molar-refractivity contribution in [1.29, 1.82) is 0 Å². The molecular formula is C15H22ClN. The molecule has 2 heteroatoms. The van der Waals surface area contributed by atoms with Gasteiger partial charge in [0.25, 0.3) is 0 Å². The van der Waals surface area contributed by atoms with Crippen molar-refractivity contribution in [3.63, 3.8) is 0 Å². The molecule has 0 bridgehead atoms. The van der Waals surface area contributed by atoms with E-state index in [-0.39, 0.29) is 0 Å². The van der Waals surface area contributed by atoms with Crippen LogP contribution < -0.4 is 5.32 Å². The number of halogens is 1. The molecule has 1 aliphatic carbocycles. The zero-order chi connectivity index (χ0) is 12.3. The Labute approximate surface area is 110 Å². The van der Waals surface area contributed by atoms with Crippen molar-refractivity contribution in [2.24, 2.45) is 5.92 Å². The van der Waals surface area contributed by atoms with Crippen LogP contribution >= 0.6 is 11.6 Å². The zero-order valence-electron chi connectivity index (χ0n) is 10.8. The molecule has 2 unspecified atom stereocenters. The van der Waals surface area contributed by atoms with E-state index in [0.717, 1.165) is 24.0 Å². The van der Waals surface area contributed by atoms with Gasteiger partial charge in [-0.25, -0.2) is 0 Å². The van der Waals surface area contributed by atoms with Crippen LogP contribution in [0.1, 0.15) is 38.7 Å². The van der Waals surface area contributed by atoms with Gasteiger partial charge in [-0.15, -0.1) is 0 Å². The van der Waals surface area contributed by atoms with Gasteiger partial charge in [-0.2, -0.15) is 0 Å². The van der Waals surface area contributed by atoms with E-state index in [1.165, 1.54) is 24.8 Å². The zero-order valence-corrected chi connectivity index (χ0v) is 11.6. The van der Waals surface area contributed by atoms with Crippen molar-refractivity contribution in [3.05, 3.63) is 34.9 Å². The fraction of sp³-hybridized carbons (Fsp3) is 0.600. The van der Waals surface area contributed by atoms with Gasteiger partial charge in [0.1, 0.15) is 0 Å². The lowest BCUT2D eigenvalue weighted by Crippen LogP contribution is -2.21. The minimum Gasteiger partial charge on any atom is -0.316 e. The largest absolute Gasteiger partial charge is 0.316 e. The Bertz CT molecular complexity index is 360. The van der Waals surface area contributed by atoms with Crippen LogP contribution in [-0.4, -0.2) is 13.1 Å². The number of rotatable bonds is 6. The van der Waals surface area contributed by atoms with Crippen molar-refractivity contribution >= 4 is 11.6 Å². The van der Waals surface area contributed by atoms with Gasteiger partial charge < -0.3 is 5.32 Å². The summed E-state index contributed by atoms with van der Waals surface area (Å²) >= 11 is 5.95. The molecule has 17 heavy (non-hydrogen) atoms. The molecule has 2 atom stereocenters. The van der Waals surface area contributed by atoms with Gasteiger partial charge in [0.2, 0.25) is 0 Å². The second-order valence-electron chi connectivity index (χ2n) is 5.12. The van der Waals surface area contributed by atoms with E-state index in [0.29, 0.717) is 5.41 Å². The summed E-state index contributed by atoms with van der Waals surface area (Å²) in [7, 11) is 0. The highest BCUT2D eigenvalue weighted by molar-refractivity contribution is 6.30. The maximum absolute atomic E-state index is 5.95. The second-order valence-corrected chi connectivity index (χ2v) is 5.56. The molecule has 1 aromatic carbocycles. The van der Waals surface area contributed by atoms with E-state index in [1.807, 2.05) is 12.1 Å². The van der Waals surface area contributed by atoms with Crippen molar-refractivity contribution < 1.29 is 0 Å². The first kappa shape index (κ1) is 12.9. The minimum absolute atomic E-state index is 0.422. The monoisotopic (exact) mass is 251 g/mol. The number of hydrogen-bond donors (Lipinski definition) is 1. The lowest BCUT2D eigenvalue weighted by molar-refractivity contribution is 0.538. The van der Waals surface area contributed by atoms with Crippen LogP contribution in [0.5, 0.6) is 0 Å². The molecule has 0 spiro atoms. The third-order valence-electron chi connectivity index (χ3n) is 4.10. The molecule has 0 saturated heterocycles. The van der Waals surface area contributed by atoms with Gasteiger partial charge in [0, 0.05) is 5.02 Å². The first-order valence-corrected chi connectivity index (χ1v) is 7.07. The fourth-order valence-electron chi connectivity index (χ4n) is 2.87. The van der Waals surface area contributed by atoms with E-state index in [2.05, 4.69) is 31.3 Å². The maximum Gasteiger partial charge on any atom is 0.0406 e. The average molecular weight is 252 g/mol. The van der Waals surface area contributed by atoms with Crippen LogP contribution in [0.4, 0.5) is 0 Å². The lowest BCUT2D eigenvalue weighted by atomic mass is 9.90. The summed E-state index contributed by atoms with van der Waals surface area (Å²) in [5, 5.41) is 4.38. The molecular weight excluding hydrogens is 230 g/mol. The van der Waals surface area contributed by atoms with Crippen LogP contribution in [-0.2, 0) is 5.41 Å². The van der Waals surface area contributed by atoms with Gasteiger partial charge in [-0.3, -0.25) is 0 Å². The van der Waals surface area contributed by atoms with Crippen LogP contribution in [0.15, 0.2) is 24.3 Å². The summed E-state index contributed by atoms with van der Waals surface area (Å²) in [6.45, 7) is 6.81. The first-order valence-electron chi connectivity index (χ1n) is 6.69. The Morgan fingerprint density at radius 1 is 1.29 bits per heavy atom. The van der Waals surface area contributed by atoms with Gasteiger partial charge in [0.15, 0.2) is 0 Å². The molecule has 2 rings (SSSR count). The van der Waals surface area contributed by atoms with Crippen molar-refractivity contribution in [1.82, 2.24) is 5.32 Å². The molecule has 1 N–H and O–H groups in total. The highest BCUT2D eigenvalue weighted by Gasteiger charge is 2.52. The van der Waals surface area contributed by atoms with Gasteiger partial charge >= 0.3 is 0 Å². The Morgan fingerprint density at radius 2 is 2.00 bits per heavy atom. The average Bonchev–Trinajstić information content (AvgIpc) is 3.05. The highest BCUT2D eigenvalue weighted by Crippen LogP contribution is 2.56. The second kappa shape index (κ2) is 5.41. The Hall–Kier alpha value is -0.530. The molecule has 0 radical (unpaired) electrons. The summed E-state index contributed by atoms with van der Waals surface area (Å²) < 4.78 is 0. The number of benzene rings is 1. The van der Waals surface area contributed by atoms with E-state index in [9.17, 15) is 0 Å². The summed E-state index contributed by atoms with van der Waals surface area (Å²) in [6, 6.07) is 8.43. The van der Waals surface area contributed by atoms with Gasteiger partial charge in [-0.1, -0.05) is 37.6 Å². The Morgan fingerprint density at radius 3 is 2.59 bits per heavy atom. The van der Waals surface area contributed by atoms with Gasteiger partial charge in [-0.05, 0) is 61.4 Å². The van der Waals surface area contributed by atoms with Crippen molar-refractivity contribution in [2.45, 2.75) is 38.5 Å². The number of nitrogens with one attached hydrogen (secondary N) is 1. The Balaban J connectivity index is 2.00. The van der Waals surface area contributed by atoms with Gasteiger partial charge in [0.05, 0.1) is 0 Å². The molecule has 1 saturated carbocycles. The molecule has 1 fully saturated rings. The number of hydrogen-bond acceptors (Lipinski definition) is 1. The summed E-state index contributed by atoms with van der Waals surface area (Å²) in [5.41, 5.74) is 1.89. The molecule has 0 aliphatic heterocycles. The topological polar surface area (TPSA) is 12.0 Å². The smallest absolute Gasteiger partial charge is 0.0406 e. The van der Waals surface area contributed by atoms with Crippen LogP contribution in [0.25, 0.3) is 0 Å². The third kappa shape index (κ3) is 2.66. The molecule has 1 aromatic rings. The summed E-state index contributed by atoms with van der Waals surface area (Å²) in [4.78, 5) is 0. The summed E-state index contributed by atoms with van der Waals surface area (Å²) in [6.07, 6.45) is 3.77. The Kier molecular flexibility index (Phi) is 4.11. The van der Waals surface area contributed by atoms with Crippen molar-refractivity contribution in [3.8, 4) is 0 Å². The van der Waals surface area contributed by atoms with E-state index < -0.39 is 0 Å². The molecule has 1 aliphatic rings. The third-order valence-corrected chi connectivity index (χ3v) is 4.35. The van der Waals surface area contributed by atoms with E-state index in [1.54, 1.807) is 0 Å². The predicted octanol–water partition coefficient (Wildman–Crippen LogP) is 4.01. The molecule has 0 aromatic heterocycles. The molecule has 0 amide bonds.